The molecule has 0 aliphatic rings. The van der Waals surface area contributed by atoms with E-state index < -0.39 is 6.04 Å². The molecule has 6 nitrogen and oxygen atoms in total. The number of halogens is 2. The maximum Gasteiger partial charge on any atom is 0.261 e. The summed E-state index contributed by atoms with van der Waals surface area (Å²) in [5.74, 6) is -0.293. The van der Waals surface area contributed by atoms with E-state index in [1.807, 2.05) is 42.5 Å². The molecule has 8 heteroatoms. The van der Waals surface area contributed by atoms with Crippen molar-refractivity contribution in [1.82, 2.24) is 10.2 Å². The van der Waals surface area contributed by atoms with Crippen LogP contribution < -0.4 is 10.1 Å². The van der Waals surface area contributed by atoms with Gasteiger partial charge < -0.3 is 19.7 Å². The zero-order valence-corrected chi connectivity index (χ0v) is 20.3. The normalized spacial score (nSPS) is 11.5. The number of nitrogens with one attached hydrogen (secondary N) is 1. The standard InChI is InChI=1S/C26H26Cl2N2O4/c1-33-16-15-29-26(32)25(20-7-3-2-4-8-20)30(17-19-11-13-21(27)14-12-19)24(31)18-34-23-10-6-5-9-22(23)28/h2-14,25H,15-18H2,1H3,(H,29,32)/t25-/m0/s1. The number of methoxy groups -OCH3 is 1. The van der Waals surface area contributed by atoms with Crippen molar-refractivity contribution < 1.29 is 19.1 Å². The zero-order valence-electron chi connectivity index (χ0n) is 18.7. The summed E-state index contributed by atoms with van der Waals surface area (Å²) in [5.41, 5.74) is 1.50. The molecule has 0 spiro atoms. The highest BCUT2D eigenvalue weighted by molar-refractivity contribution is 6.32. The van der Waals surface area contributed by atoms with Gasteiger partial charge in [-0.15, -0.1) is 0 Å². The summed E-state index contributed by atoms with van der Waals surface area (Å²) in [6, 6.07) is 22.3. The summed E-state index contributed by atoms with van der Waals surface area (Å²) in [5, 5.41) is 3.84. The van der Waals surface area contributed by atoms with Crippen LogP contribution in [0.4, 0.5) is 0 Å². The number of hydrogen-bond acceptors (Lipinski definition) is 4. The summed E-state index contributed by atoms with van der Waals surface area (Å²) in [6.07, 6.45) is 0. The van der Waals surface area contributed by atoms with Gasteiger partial charge in [-0.1, -0.05) is 77.8 Å². The molecule has 34 heavy (non-hydrogen) atoms. The average Bonchev–Trinajstić information content (AvgIpc) is 2.85. The molecule has 2 amide bonds. The van der Waals surface area contributed by atoms with Crippen LogP contribution in [-0.2, 0) is 20.9 Å². The zero-order chi connectivity index (χ0) is 24.3. The molecule has 0 radical (unpaired) electrons. The number of para-hydroxylation sites is 1. The topological polar surface area (TPSA) is 67.9 Å². The molecule has 0 heterocycles. The van der Waals surface area contributed by atoms with Crippen molar-refractivity contribution in [1.29, 1.82) is 0 Å². The Balaban J connectivity index is 1.91. The van der Waals surface area contributed by atoms with Gasteiger partial charge in [0, 0.05) is 25.2 Å². The number of amides is 2. The molecule has 3 aromatic rings. The molecule has 0 bridgehead atoms. The number of hydrogen-bond donors (Lipinski definition) is 1. The maximum absolute atomic E-state index is 13.5. The van der Waals surface area contributed by atoms with Crippen LogP contribution >= 0.6 is 23.2 Å². The lowest BCUT2D eigenvalue weighted by atomic mass is 10.0. The lowest BCUT2D eigenvalue weighted by Gasteiger charge is -2.31. The van der Waals surface area contributed by atoms with Crippen molar-refractivity contribution in [2.24, 2.45) is 0 Å². The number of rotatable bonds is 11. The van der Waals surface area contributed by atoms with Crippen LogP contribution in [0.15, 0.2) is 78.9 Å². The van der Waals surface area contributed by atoms with Gasteiger partial charge >= 0.3 is 0 Å². The smallest absolute Gasteiger partial charge is 0.261 e. The van der Waals surface area contributed by atoms with E-state index in [9.17, 15) is 9.59 Å². The number of ether oxygens (including phenoxy) is 2. The molecular formula is C26H26Cl2N2O4. The van der Waals surface area contributed by atoms with E-state index in [2.05, 4.69) is 5.32 Å². The average molecular weight is 501 g/mol. The molecular weight excluding hydrogens is 475 g/mol. The Hall–Kier alpha value is -3.06. The minimum atomic E-state index is -0.879. The van der Waals surface area contributed by atoms with E-state index in [0.29, 0.717) is 34.5 Å². The molecule has 178 valence electrons. The number of nitrogens with zero attached hydrogens (tertiary/aromatic N) is 1. The van der Waals surface area contributed by atoms with Crippen molar-refractivity contribution >= 4 is 35.0 Å². The number of carbonyl (C=O) groups is 2. The fourth-order valence-corrected chi connectivity index (χ4v) is 3.69. The van der Waals surface area contributed by atoms with Crippen LogP contribution in [0.5, 0.6) is 5.75 Å². The molecule has 1 N–H and O–H groups in total. The van der Waals surface area contributed by atoms with E-state index in [1.54, 1.807) is 43.5 Å². The first-order valence-electron chi connectivity index (χ1n) is 10.7. The van der Waals surface area contributed by atoms with Crippen LogP contribution in [0.25, 0.3) is 0 Å². The van der Waals surface area contributed by atoms with Gasteiger partial charge in [0.05, 0.1) is 11.6 Å². The summed E-state index contributed by atoms with van der Waals surface area (Å²) >= 11 is 12.2. The summed E-state index contributed by atoms with van der Waals surface area (Å²) in [7, 11) is 1.56. The first-order chi connectivity index (χ1) is 16.5. The second kappa shape index (κ2) is 13.0. The van der Waals surface area contributed by atoms with Crippen LogP contribution in [0, 0.1) is 0 Å². The third kappa shape index (κ3) is 7.22. The Morgan fingerprint density at radius 2 is 1.62 bits per heavy atom. The van der Waals surface area contributed by atoms with E-state index in [0.717, 1.165) is 5.56 Å². The van der Waals surface area contributed by atoms with Gasteiger partial charge in [0.2, 0.25) is 5.91 Å². The molecule has 0 unspecified atom stereocenters. The predicted octanol–water partition coefficient (Wildman–Crippen LogP) is 4.90. The molecule has 0 saturated carbocycles. The summed E-state index contributed by atoms with van der Waals surface area (Å²) in [6.45, 7) is 0.566. The van der Waals surface area contributed by atoms with Crippen molar-refractivity contribution in [2.45, 2.75) is 12.6 Å². The van der Waals surface area contributed by atoms with E-state index in [1.165, 1.54) is 4.90 Å². The highest BCUT2D eigenvalue weighted by Gasteiger charge is 2.31. The number of carbonyl (C=O) groups excluding carboxylic acids is 2. The third-order valence-corrected chi connectivity index (χ3v) is 5.62. The highest BCUT2D eigenvalue weighted by atomic mass is 35.5. The van der Waals surface area contributed by atoms with Gasteiger partial charge in [-0.25, -0.2) is 0 Å². The largest absolute Gasteiger partial charge is 0.482 e. The van der Waals surface area contributed by atoms with Crippen molar-refractivity contribution in [3.8, 4) is 5.75 Å². The molecule has 0 aromatic heterocycles. The maximum atomic E-state index is 13.5. The summed E-state index contributed by atoms with van der Waals surface area (Å²) < 4.78 is 10.8. The van der Waals surface area contributed by atoms with Gasteiger partial charge in [0.1, 0.15) is 11.8 Å². The molecule has 0 saturated heterocycles. The highest BCUT2D eigenvalue weighted by Crippen LogP contribution is 2.26. The second-order valence-corrected chi connectivity index (χ2v) is 8.31. The number of benzene rings is 3. The van der Waals surface area contributed by atoms with Gasteiger partial charge in [-0.3, -0.25) is 9.59 Å². The Kier molecular flexibility index (Phi) is 9.76. The fraction of sp³-hybridized carbons (Fsp3) is 0.231. The molecule has 0 fully saturated rings. The molecule has 3 aromatic carbocycles. The van der Waals surface area contributed by atoms with Gasteiger partial charge in [0.25, 0.3) is 5.91 Å². The first-order valence-corrected chi connectivity index (χ1v) is 11.5. The SMILES string of the molecule is COCCNC(=O)[C@H](c1ccccc1)N(Cc1ccc(Cl)cc1)C(=O)COc1ccccc1Cl. The van der Waals surface area contributed by atoms with Crippen LogP contribution in [-0.4, -0.2) is 43.6 Å². The molecule has 0 aliphatic heterocycles. The quantitative estimate of drug-likeness (QED) is 0.380. The van der Waals surface area contributed by atoms with Crippen molar-refractivity contribution in [3.05, 3.63) is 100 Å². The lowest BCUT2D eigenvalue weighted by Crippen LogP contribution is -2.45. The minimum absolute atomic E-state index is 0.180. The predicted molar refractivity (Wildman–Crippen MR) is 133 cm³/mol. The van der Waals surface area contributed by atoms with E-state index in [4.69, 9.17) is 32.7 Å². The Bertz CT molecular complexity index is 1080. The third-order valence-electron chi connectivity index (χ3n) is 5.06. The van der Waals surface area contributed by atoms with Crippen LogP contribution in [0.3, 0.4) is 0 Å². The Morgan fingerprint density at radius 3 is 2.29 bits per heavy atom. The van der Waals surface area contributed by atoms with Crippen molar-refractivity contribution in [3.63, 3.8) is 0 Å². The van der Waals surface area contributed by atoms with E-state index in [-0.39, 0.29) is 25.0 Å². The van der Waals surface area contributed by atoms with Gasteiger partial charge in [-0.2, -0.15) is 0 Å². The first kappa shape index (κ1) is 25.6. The van der Waals surface area contributed by atoms with Gasteiger partial charge in [0.15, 0.2) is 6.61 Å². The Labute approximate surface area is 209 Å². The molecule has 3 rings (SSSR count). The van der Waals surface area contributed by atoms with E-state index >= 15 is 0 Å². The molecule has 0 aliphatic carbocycles. The lowest BCUT2D eigenvalue weighted by molar-refractivity contribution is -0.143. The fourth-order valence-electron chi connectivity index (χ4n) is 3.38. The van der Waals surface area contributed by atoms with Crippen LogP contribution in [0.1, 0.15) is 17.2 Å². The van der Waals surface area contributed by atoms with Crippen molar-refractivity contribution in [2.75, 3.05) is 26.9 Å². The second-order valence-electron chi connectivity index (χ2n) is 7.46. The monoisotopic (exact) mass is 500 g/mol. The minimum Gasteiger partial charge on any atom is -0.482 e. The molecule has 1 atom stereocenters. The van der Waals surface area contributed by atoms with Crippen LogP contribution in [0.2, 0.25) is 10.0 Å². The summed E-state index contributed by atoms with van der Waals surface area (Å²) in [4.78, 5) is 28.3. The Morgan fingerprint density at radius 1 is 0.941 bits per heavy atom. The van der Waals surface area contributed by atoms with Gasteiger partial charge in [-0.05, 0) is 35.4 Å².